The fourth-order valence-electron chi connectivity index (χ4n) is 3.68. The number of anilines is 1. The van der Waals surface area contributed by atoms with E-state index in [9.17, 15) is 18.5 Å². The van der Waals surface area contributed by atoms with E-state index >= 15 is 0 Å². The number of nitriles is 1. The zero-order chi connectivity index (χ0) is 27.6. The number of aromatic nitrogens is 1. The fraction of sp³-hybridized carbons (Fsp3) is 0.480. The molecule has 3 rings (SSSR count). The van der Waals surface area contributed by atoms with Gasteiger partial charge in [-0.2, -0.15) is 13.7 Å². The first-order valence-electron chi connectivity index (χ1n) is 11.7. The molecular weight excluding hydrogens is 498 g/mol. The van der Waals surface area contributed by atoms with Crippen molar-refractivity contribution in [2.45, 2.75) is 38.3 Å². The number of nitrogens with zero attached hydrogens (tertiary/aromatic N) is 3. The second kappa shape index (κ2) is 13.2. The number of pyridine rings is 1. The number of likely N-dealkylation sites (tertiary alicyclic amines) is 1. The molecular formula is C25H35N5O6S. The Bertz CT molecular complexity index is 1200. The molecule has 2 aromatic rings. The molecule has 37 heavy (non-hydrogen) atoms. The van der Waals surface area contributed by atoms with E-state index in [0.29, 0.717) is 25.1 Å². The second-order valence-corrected chi connectivity index (χ2v) is 10.6. The Morgan fingerprint density at radius 2 is 1.97 bits per heavy atom. The lowest BCUT2D eigenvalue weighted by Crippen LogP contribution is -2.50. The van der Waals surface area contributed by atoms with Crippen molar-refractivity contribution >= 4 is 21.8 Å². The molecule has 1 atom stereocenters. The van der Waals surface area contributed by atoms with Crippen molar-refractivity contribution in [3.63, 3.8) is 0 Å². The van der Waals surface area contributed by atoms with E-state index in [1.165, 1.54) is 0 Å². The van der Waals surface area contributed by atoms with Crippen LogP contribution in [0.3, 0.4) is 0 Å². The number of benzene rings is 1. The molecule has 1 amide bonds. The van der Waals surface area contributed by atoms with Crippen molar-refractivity contribution in [1.29, 1.82) is 5.26 Å². The fourth-order valence-corrected chi connectivity index (χ4v) is 3.68. The smallest absolute Gasteiger partial charge is 0.261 e. The van der Waals surface area contributed by atoms with Crippen LogP contribution in [0.2, 0.25) is 0 Å². The van der Waals surface area contributed by atoms with Gasteiger partial charge in [0.1, 0.15) is 23.4 Å². The van der Waals surface area contributed by atoms with E-state index in [1.807, 2.05) is 50.2 Å². The molecule has 0 spiro atoms. The maximum atomic E-state index is 12.5. The molecule has 1 aliphatic heterocycles. The van der Waals surface area contributed by atoms with Crippen molar-refractivity contribution in [3.8, 4) is 28.8 Å². The molecule has 0 saturated carbocycles. The number of hydrogen-bond acceptors (Lipinski definition) is 9. The van der Waals surface area contributed by atoms with Crippen molar-refractivity contribution < 1.29 is 27.2 Å². The molecule has 1 aliphatic rings. The van der Waals surface area contributed by atoms with E-state index in [0.717, 1.165) is 35.7 Å². The summed E-state index contributed by atoms with van der Waals surface area (Å²) in [5.41, 5.74) is 1.30. The summed E-state index contributed by atoms with van der Waals surface area (Å²) < 4.78 is 36.6. The average molecular weight is 534 g/mol. The first kappa shape index (κ1) is 29.8. The van der Waals surface area contributed by atoms with Crippen LogP contribution in [0.25, 0.3) is 11.3 Å². The Morgan fingerprint density at radius 3 is 2.59 bits per heavy atom. The Morgan fingerprint density at radius 1 is 1.27 bits per heavy atom. The minimum Gasteiger partial charge on any atom is -0.497 e. The van der Waals surface area contributed by atoms with Gasteiger partial charge in [-0.3, -0.25) is 9.35 Å². The van der Waals surface area contributed by atoms with Crippen LogP contribution in [0.4, 0.5) is 5.82 Å². The molecule has 1 fully saturated rings. The van der Waals surface area contributed by atoms with Crippen molar-refractivity contribution in [1.82, 2.24) is 15.2 Å². The first-order chi connectivity index (χ1) is 17.4. The summed E-state index contributed by atoms with van der Waals surface area (Å²) in [5, 5.41) is 15.8. The van der Waals surface area contributed by atoms with E-state index in [-0.39, 0.29) is 24.0 Å². The third kappa shape index (κ3) is 9.87. The number of carbonyl (C=O) groups excluding carboxylic acids is 1. The van der Waals surface area contributed by atoms with Crippen LogP contribution in [-0.2, 0) is 14.9 Å². The van der Waals surface area contributed by atoms with Crippen molar-refractivity contribution in [3.05, 3.63) is 36.4 Å². The molecule has 202 valence electrons. The highest BCUT2D eigenvalue weighted by Gasteiger charge is 2.29. The topological polar surface area (TPSA) is 154 Å². The zero-order valence-electron chi connectivity index (χ0n) is 21.8. The lowest BCUT2D eigenvalue weighted by atomic mass is 10.1. The molecule has 11 nitrogen and oxygen atoms in total. The molecule has 3 N–H and O–H groups in total. The van der Waals surface area contributed by atoms with Crippen LogP contribution in [-0.4, -0.2) is 80.5 Å². The normalized spacial score (nSPS) is 15.3. The Balaban J connectivity index is 0.000000877. The molecule has 12 heteroatoms. The quantitative estimate of drug-likeness (QED) is 0.410. The van der Waals surface area contributed by atoms with Gasteiger partial charge in [-0.1, -0.05) is 6.07 Å². The van der Waals surface area contributed by atoms with E-state index in [2.05, 4.69) is 16.7 Å². The van der Waals surface area contributed by atoms with Gasteiger partial charge in [0.25, 0.3) is 10.1 Å². The highest BCUT2D eigenvalue weighted by molar-refractivity contribution is 7.85. The van der Waals surface area contributed by atoms with Gasteiger partial charge in [-0.05, 0) is 51.0 Å². The molecule has 0 unspecified atom stereocenters. The largest absolute Gasteiger partial charge is 0.497 e. The van der Waals surface area contributed by atoms with Gasteiger partial charge in [-0.15, -0.1) is 0 Å². The van der Waals surface area contributed by atoms with Gasteiger partial charge >= 0.3 is 0 Å². The van der Waals surface area contributed by atoms with E-state index in [1.54, 1.807) is 19.1 Å². The highest BCUT2D eigenvalue weighted by Crippen LogP contribution is 2.32. The standard InChI is InChI=1S/C24H31N5O3.CH4O3S/c1-24(2,27-15-23(30)29-12-6-7-17(29)14-25)16-26-22-9-5-8-20(28-22)19-11-10-18(31-3)13-21(19)32-4;1-5(2,3)4/h5,8-11,13,17,27H,6-7,12,15-16H2,1-4H3,(H,26,28);1H3,(H,2,3,4)/t17-;/m0./s1. The molecule has 1 saturated heterocycles. The maximum absolute atomic E-state index is 12.5. The molecule has 1 aromatic carbocycles. The average Bonchev–Trinajstić information content (AvgIpc) is 3.34. The number of amides is 1. The summed E-state index contributed by atoms with van der Waals surface area (Å²) in [6, 6.07) is 13.3. The lowest BCUT2D eigenvalue weighted by Gasteiger charge is -2.28. The van der Waals surface area contributed by atoms with Gasteiger partial charge in [0.2, 0.25) is 5.91 Å². The Kier molecular flexibility index (Phi) is 10.7. The van der Waals surface area contributed by atoms with Gasteiger partial charge in [0.05, 0.1) is 38.8 Å². The molecule has 1 aromatic heterocycles. The summed E-state index contributed by atoms with van der Waals surface area (Å²) in [6.45, 7) is 5.47. The lowest BCUT2D eigenvalue weighted by molar-refractivity contribution is -0.130. The zero-order valence-corrected chi connectivity index (χ0v) is 22.6. The van der Waals surface area contributed by atoms with E-state index < -0.39 is 10.1 Å². The predicted octanol–water partition coefficient (Wildman–Crippen LogP) is 2.56. The van der Waals surface area contributed by atoms with Crippen LogP contribution in [0.1, 0.15) is 26.7 Å². The number of nitrogens with one attached hydrogen (secondary N) is 2. The number of methoxy groups -OCH3 is 2. The maximum Gasteiger partial charge on any atom is 0.261 e. The summed E-state index contributed by atoms with van der Waals surface area (Å²) in [4.78, 5) is 18.9. The van der Waals surface area contributed by atoms with Crippen LogP contribution < -0.4 is 20.1 Å². The number of ether oxygens (including phenoxy) is 2. The Hall–Kier alpha value is -3.40. The molecule has 0 bridgehead atoms. The number of carbonyl (C=O) groups is 1. The van der Waals surface area contributed by atoms with Crippen LogP contribution in [0, 0.1) is 11.3 Å². The predicted molar refractivity (Wildman–Crippen MR) is 141 cm³/mol. The minimum absolute atomic E-state index is 0.0335. The highest BCUT2D eigenvalue weighted by atomic mass is 32.2. The third-order valence-electron chi connectivity index (χ3n) is 5.59. The second-order valence-electron chi connectivity index (χ2n) is 9.17. The third-order valence-corrected chi connectivity index (χ3v) is 5.59. The van der Waals surface area contributed by atoms with Crippen LogP contribution in [0.15, 0.2) is 36.4 Å². The molecule has 0 radical (unpaired) electrons. The van der Waals surface area contributed by atoms with Gasteiger partial charge in [0, 0.05) is 30.3 Å². The van der Waals surface area contributed by atoms with Gasteiger partial charge in [0.15, 0.2) is 0 Å². The van der Waals surface area contributed by atoms with Crippen LogP contribution in [0.5, 0.6) is 11.5 Å². The summed E-state index contributed by atoms with van der Waals surface area (Å²) in [6.07, 6.45) is 2.36. The van der Waals surface area contributed by atoms with Gasteiger partial charge in [-0.25, -0.2) is 4.98 Å². The van der Waals surface area contributed by atoms with E-state index in [4.69, 9.17) is 19.0 Å². The summed E-state index contributed by atoms with van der Waals surface area (Å²) in [7, 11) is -0.426. The van der Waals surface area contributed by atoms with Gasteiger partial charge < -0.3 is 25.0 Å². The first-order valence-corrected chi connectivity index (χ1v) is 13.5. The number of rotatable bonds is 9. The number of hydrogen-bond donors (Lipinski definition) is 3. The summed E-state index contributed by atoms with van der Waals surface area (Å²) >= 11 is 0. The minimum atomic E-state index is -3.67. The monoisotopic (exact) mass is 533 g/mol. The van der Waals surface area contributed by atoms with Crippen molar-refractivity contribution in [2.75, 3.05) is 45.4 Å². The van der Waals surface area contributed by atoms with Crippen LogP contribution >= 0.6 is 0 Å². The molecule has 2 heterocycles. The summed E-state index contributed by atoms with van der Waals surface area (Å²) in [5.74, 6) is 2.10. The Labute approximate surface area is 218 Å². The SMILES string of the molecule is COc1ccc(-c2cccc(NCC(C)(C)NCC(=O)N3CCC[C@H]3C#N)n2)c(OC)c1.CS(=O)(=O)O. The molecule has 0 aliphatic carbocycles. The van der Waals surface area contributed by atoms with Crippen molar-refractivity contribution in [2.24, 2.45) is 0 Å².